The summed E-state index contributed by atoms with van der Waals surface area (Å²) in [6.07, 6.45) is -1.60. The third-order valence-corrected chi connectivity index (χ3v) is 2.43. The van der Waals surface area contributed by atoms with Gasteiger partial charge in [0, 0.05) is 0 Å². The van der Waals surface area contributed by atoms with Crippen LogP contribution >= 0.6 is 11.5 Å². The van der Waals surface area contributed by atoms with Crippen molar-refractivity contribution in [3.8, 4) is 0 Å². The molecule has 0 aliphatic carbocycles. The Bertz CT molecular complexity index is 378. The minimum absolute atomic E-state index is 0.313. The number of aliphatic hydroxyl groups is 1. The number of aliphatic carboxylic acids is 1. The molecular formula is C7H9N3O4S. The molecule has 7 nitrogen and oxygen atoms in total. The molecule has 1 aromatic heterocycles. The van der Waals surface area contributed by atoms with E-state index in [1.165, 1.54) is 0 Å². The lowest BCUT2D eigenvalue weighted by molar-refractivity contribution is -0.146. The Balaban J connectivity index is 2.51. The van der Waals surface area contributed by atoms with Crippen LogP contribution in [0.2, 0.25) is 0 Å². The molecule has 1 rings (SSSR count). The lowest BCUT2D eigenvalue weighted by Crippen LogP contribution is -2.36. The van der Waals surface area contributed by atoms with Crippen molar-refractivity contribution in [3.63, 3.8) is 0 Å². The maximum absolute atomic E-state index is 11.4. The fourth-order valence-electron chi connectivity index (χ4n) is 0.797. The molecular weight excluding hydrogens is 222 g/mol. The Labute approximate surface area is 88.9 Å². The topological polar surface area (TPSA) is 112 Å². The Morgan fingerprint density at radius 3 is 2.73 bits per heavy atom. The molecule has 8 heteroatoms. The van der Waals surface area contributed by atoms with Gasteiger partial charge in [-0.1, -0.05) is 4.49 Å². The number of carboxylic acids is 1. The number of aryl methyl sites for hydroxylation is 1. The fourth-order valence-corrected chi connectivity index (χ4v) is 1.37. The number of carboxylic acid groups (broad SMARTS) is 1. The van der Waals surface area contributed by atoms with Gasteiger partial charge < -0.3 is 15.5 Å². The summed E-state index contributed by atoms with van der Waals surface area (Å²) in [4.78, 5) is 21.9. The molecule has 0 unspecified atom stereocenters. The number of nitrogens with one attached hydrogen (secondary N) is 1. The van der Waals surface area contributed by atoms with Gasteiger partial charge in [-0.25, -0.2) is 4.79 Å². The van der Waals surface area contributed by atoms with E-state index < -0.39 is 18.0 Å². The normalized spacial score (nSPS) is 12.1. The monoisotopic (exact) mass is 231 g/mol. The van der Waals surface area contributed by atoms with E-state index in [1.54, 1.807) is 6.92 Å². The van der Waals surface area contributed by atoms with Crippen LogP contribution in [-0.2, 0) is 4.79 Å². The Morgan fingerprint density at radius 2 is 2.27 bits per heavy atom. The quantitative estimate of drug-likeness (QED) is 0.614. The molecule has 0 bridgehead atoms. The number of aliphatic hydroxyl groups excluding tert-OH is 1. The van der Waals surface area contributed by atoms with Crippen molar-refractivity contribution in [1.82, 2.24) is 14.9 Å². The van der Waals surface area contributed by atoms with Crippen LogP contribution in [0.3, 0.4) is 0 Å². The summed E-state index contributed by atoms with van der Waals surface area (Å²) >= 11 is 0.915. The van der Waals surface area contributed by atoms with Crippen molar-refractivity contribution in [2.75, 3.05) is 6.54 Å². The first kappa shape index (κ1) is 11.5. The SMILES string of the molecule is Cc1nnsc1C(=O)NC[C@H](O)C(=O)O. The zero-order valence-electron chi connectivity index (χ0n) is 7.80. The molecule has 3 N–H and O–H groups in total. The van der Waals surface area contributed by atoms with E-state index in [-0.39, 0.29) is 6.54 Å². The fraction of sp³-hybridized carbons (Fsp3) is 0.429. The summed E-state index contributed by atoms with van der Waals surface area (Å²) in [6.45, 7) is 1.28. The van der Waals surface area contributed by atoms with Crippen molar-refractivity contribution < 1.29 is 19.8 Å². The third-order valence-electron chi connectivity index (χ3n) is 1.60. The van der Waals surface area contributed by atoms with Gasteiger partial charge in [0.25, 0.3) is 5.91 Å². The lowest BCUT2D eigenvalue weighted by Gasteiger charge is -2.06. The van der Waals surface area contributed by atoms with Gasteiger partial charge in [0.2, 0.25) is 0 Å². The van der Waals surface area contributed by atoms with E-state index in [0.29, 0.717) is 10.6 Å². The molecule has 0 aliphatic heterocycles. The average molecular weight is 231 g/mol. The number of aromatic nitrogens is 2. The van der Waals surface area contributed by atoms with Crippen LogP contribution < -0.4 is 5.32 Å². The molecule has 1 atom stereocenters. The van der Waals surface area contributed by atoms with Crippen LogP contribution in [-0.4, -0.2) is 44.3 Å². The zero-order valence-corrected chi connectivity index (χ0v) is 8.61. The van der Waals surface area contributed by atoms with Crippen molar-refractivity contribution in [1.29, 1.82) is 0 Å². The molecule has 1 heterocycles. The highest BCUT2D eigenvalue weighted by Crippen LogP contribution is 2.08. The Hall–Kier alpha value is -1.54. The highest BCUT2D eigenvalue weighted by atomic mass is 32.1. The van der Waals surface area contributed by atoms with Crippen LogP contribution in [0.1, 0.15) is 15.4 Å². The molecule has 82 valence electrons. The number of carbonyl (C=O) groups is 2. The van der Waals surface area contributed by atoms with Gasteiger partial charge in [-0.3, -0.25) is 4.79 Å². The number of hydrogen-bond donors (Lipinski definition) is 3. The molecule has 0 aromatic carbocycles. The van der Waals surface area contributed by atoms with Crippen LogP contribution in [0.5, 0.6) is 0 Å². The summed E-state index contributed by atoms with van der Waals surface area (Å²) in [6, 6.07) is 0. The largest absolute Gasteiger partial charge is 0.479 e. The van der Waals surface area contributed by atoms with Gasteiger partial charge in [0.15, 0.2) is 6.10 Å². The summed E-state index contributed by atoms with van der Waals surface area (Å²) < 4.78 is 3.56. The number of amides is 1. The predicted octanol–water partition coefficient (Wildman–Crippen LogP) is -0.978. The van der Waals surface area contributed by atoms with Crippen LogP contribution in [0, 0.1) is 6.92 Å². The van der Waals surface area contributed by atoms with Gasteiger partial charge in [0.1, 0.15) is 4.88 Å². The van der Waals surface area contributed by atoms with Crippen molar-refractivity contribution in [3.05, 3.63) is 10.6 Å². The minimum atomic E-state index is -1.60. The molecule has 15 heavy (non-hydrogen) atoms. The number of nitrogens with zero attached hydrogens (tertiary/aromatic N) is 2. The van der Waals surface area contributed by atoms with E-state index in [9.17, 15) is 9.59 Å². The van der Waals surface area contributed by atoms with E-state index >= 15 is 0 Å². The Morgan fingerprint density at radius 1 is 1.60 bits per heavy atom. The second-order valence-corrected chi connectivity index (χ2v) is 3.51. The standard InChI is InChI=1S/C7H9N3O4S/c1-3-5(15-10-9-3)6(12)8-2-4(11)7(13)14/h4,11H,2H2,1H3,(H,8,12)(H,13,14)/t4-/m0/s1. The third kappa shape index (κ3) is 2.96. The first-order valence-electron chi connectivity index (χ1n) is 4.00. The summed E-state index contributed by atoms with van der Waals surface area (Å²) in [5.41, 5.74) is 0.474. The van der Waals surface area contributed by atoms with Crippen LogP contribution in [0.25, 0.3) is 0 Å². The van der Waals surface area contributed by atoms with Crippen LogP contribution in [0.4, 0.5) is 0 Å². The van der Waals surface area contributed by atoms with Crippen molar-refractivity contribution in [2.45, 2.75) is 13.0 Å². The maximum atomic E-state index is 11.4. The number of carbonyl (C=O) groups excluding carboxylic acids is 1. The highest BCUT2D eigenvalue weighted by Gasteiger charge is 2.17. The number of hydrogen-bond acceptors (Lipinski definition) is 6. The minimum Gasteiger partial charge on any atom is -0.479 e. The van der Waals surface area contributed by atoms with Gasteiger partial charge in [-0.15, -0.1) is 5.10 Å². The predicted molar refractivity (Wildman–Crippen MR) is 50.6 cm³/mol. The molecule has 0 fully saturated rings. The first-order valence-corrected chi connectivity index (χ1v) is 4.77. The van der Waals surface area contributed by atoms with Crippen molar-refractivity contribution in [2.24, 2.45) is 0 Å². The van der Waals surface area contributed by atoms with Gasteiger partial charge in [-0.05, 0) is 18.5 Å². The summed E-state index contributed by atoms with van der Waals surface area (Å²) in [5, 5.41) is 23.2. The highest BCUT2D eigenvalue weighted by molar-refractivity contribution is 7.07. The molecule has 1 aromatic rings. The molecule has 1 amide bonds. The van der Waals surface area contributed by atoms with E-state index in [1.807, 2.05) is 0 Å². The molecule has 0 spiro atoms. The van der Waals surface area contributed by atoms with Crippen LogP contribution in [0.15, 0.2) is 0 Å². The second-order valence-electron chi connectivity index (χ2n) is 2.75. The van der Waals surface area contributed by atoms with E-state index in [2.05, 4.69) is 14.9 Å². The smallest absolute Gasteiger partial charge is 0.334 e. The summed E-state index contributed by atoms with van der Waals surface area (Å²) in [5.74, 6) is -1.86. The first-order chi connectivity index (χ1) is 7.02. The molecule has 0 radical (unpaired) electrons. The van der Waals surface area contributed by atoms with E-state index in [4.69, 9.17) is 10.2 Å². The second kappa shape index (κ2) is 4.80. The Kier molecular flexibility index (Phi) is 3.69. The molecule has 0 aliphatic rings. The summed E-state index contributed by atoms with van der Waals surface area (Å²) in [7, 11) is 0. The van der Waals surface area contributed by atoms with Gasteiger partial charge >= 0.3 is 5.97 Å². The van der Waals surface area contributed by atoms with E-state index in [0.717, 1.165) is 11.5 Å². The number of rotatable bonds is 4. The molecule has 0 saturated carbocycles. The molecule has 0 saturated heterocycles. The average Bonchev–Trinajstić information content (AvgIpc) is 2.60. The lowest BCUT2D eigenvalue weighted by atomic mass is 10.3. The maximum Gasteiger partial charge on any atom is 0.334 e. The van der Waals surface area contributed by atoms with Crippen molar-refractivity contribution >= 4 is 23.4 Å². The van der Waals surface area contributed by atoms with Gasteiger partial charge in [-0.2, -0.15) is 0 Å². The zero-order chi connectivity index (χ0) is 11.4. The van der Waals surface area contributed by atoms with Gasteiger partial charge in [0.05, 0.1) is 12.2 Å².